The van der Waals surface area contributed by atoms with E-state index in [0.717, 1.165) is 0 Å². The Hall–Kier alpha value is -0.130. The third-order valence-corrected chi connectivity index (χ3v) is 2.85. The summed E-state index contributed by atoms with van der Waals surface area (Å²) in [7, 11) is -2.86. The lowest BCUT2D eigenvalue weighted by Crippen LogP contribution is -2.32. The van der Waals surface area contributed by atoms with Gasteiger partial charge in [0.15, 0.2) is 0 Å². The minimum atomic E-state index is -2.86. The molecule has 0 aliphatic heterocycles. The van der Waals surface area contributed by atoms with Gasteiger partial charge in [0, 0.05) is 18.1 Å². The molecule has 1 unspecified atom stereocenters. The lowest BCUT2D eigenvalue weighted by Gasteiger charge is -2.22. The summed E-state index contributed by atoms with van der Waals surface area (Å²) in [5, 5.41) is 0. The number of sulfone groups is 1. The Labute approximate surface area is 93.1 Å². The van der Waals surface area contributed by atoms with Crippen molar-refractivity contribution in [1.82, 2.24) is 0 Å². The molecule has 15 heavy (non-hydrogen) atoms. The second kappa shape index (κ2) is 5.82. The minimum absolute atomic E-state index is 0.0778. The molecule has 4 nitrogen and oxygen atoms in total. The van der Waals surface area contributed by atoms with Crippen LogP contribution in [0.25, 0.3) is 0 Å². The molecule has 0 saturated heterocycles. The molecule has 0 amide bonds. The maximum Gasteiger partial charge on any atom is 0.147 e. The Bertz CT molecular complexity index is 267. The molecule has 0 heterocycles. The second-order valence-corrected chi connectivity index (χ2v) is 7.22. The molecule has 2 N–H and O–H groups in total. The van der Waals surface area contributed by atoms with E-state index >= 15 is 0 Å². The zero-order valence-corrected chi connectivity index (χ0v) is 10.9. The maximum atomic E-state index is 10.9. The molecule has 0 aliphatic carbocycles. The Morgan fingerprint density at radius 1 is 1.33 bits per heavy atom. The van der Waals surface area contributed by atoms with Gasteiger partial charge < -0.3 is 10.5 Å². The predicted molar refractivity (Wildman–Crippen MR) is 62.6 cm³/mol. The highest BCUT2D eigenvalue weighted by Crippen LogP contribution is 2.08. The van der Waals surface area contributed by atoms with E-state index in [1.165, 1.54) is 6.26 Å². The van der Waals surface area contributed by atoms with Gasteiger partial charge in [0.1, 0.15) is 9.84 Å². The van der Waals surface area contributed by atoms with Crippen molar-refractivity contribution in [2.75, 3.05) is 18.6 Å². The molecule has 0 radical (unpaired) electrons. The van der Waals surface area contributed by atoms with E-state index < -0.39 is 9.84 Å². The Balaban J connectivity index is 3.63. The van der Waals surface area contributed by atoms with Gasteiger partial charge in [-0.05, 0) is 33.6 Å². The fourth-order valence-corrected chi connectivity index (χ4v) is 1.74. The van der Waals surface area contributed by atoms with Crippen molar-refractivity contribution >= 4 is 9.84 Å². The predicted octanol–water partition coefficient (Wildman–Crippen LogP) is 0.954. The molecular weight excluding hydrogens is 214 g/mol. The molecule has 0 spiro atoms. The van der Waals surface area contributed by atoms with Crippen LogP contribution in [0.1, 0.15) is 33.6 Å². The van der Waals surface area contributed by atoms with Crippen LogP contribution in [-0.2, 0) is 14.6 Å². The van der Waals surface area contributed by atoms with Crippen LogP contribution in [-0.4, -0.2) is 38.7 Å². The normalized spacial score (nSPS) is 15.3. The van der Waals surface area contributed by atoms with Gasteiger partial charge in [-0.25, -0.2) is 8.42 Å². The summed E-state index contributed by atoms with van der Waals surface area (Å²) in [6.07, 6.45) is 2.53. The van der Waals surface area contributed by atoms with Crippen molar-refractivity contribution in [2.24, 2.45) is 5.73 Å². The molecule has 0 aliphatic rings. The Morgan fingerprint density at radius 3 is 2.27 bits per heavy atom. The standard InChI is InChI=1S/C10H23NO3S/c1-10(2,3)14-8-9(11)6-5-7-15(4,12)13/h9H,5-8,11H2,1-4H3. The Morgan fingerprint density at radius 2 is 1.87 bits per heavy atom. The molecule has 0 aromatic rings. The summed E-state index contributed by atoms with van der Waals surface area (Å²) in [4.78, 5) is 0. The molecule has 0 bridgehead atoms. The largest absolute Gasteiger partial charge is 0.374 e. The summed E-state index contributed by atoms with van der Waals surface area (Å²) in [6, 6.07) is -0.0778. The number of rotatable bonds is 6. The second-order valence-electron chi connectivity index (χ2n) is 4.96. The van der Waals surface area contributed by atoms with E-state index in [0.29, 0.717) is 19.4 Å². The van der Waals surface area contributed by atoms with E-state index in [1.54, 1.807) is 0 Å². The van der Waals surface area contributed by atoms with E-state index in [2.05, 4.69) is 0 Å². The SMILES string of the molecule is CC(C)(C)OCC(N)CCCS(C)(=O)=O. The van der Waals surface area contributed by atoms with Crippen molar-refractivity contribution in [1.29, 1.82) is 0 Å². The summed E-state index contributed by atoms with van der Waals surface area (Å²) < 4.78 is 27.2. The zero-order chi connectivity index (χ0) is 12.1. The van der Waals surface area contributed by atoms with Crippen molar-refractivity contribution < 1.29 is 13.2 Å². The van der Waals surface area contributed by atoms with Gasteiger partial charge >= 0.3 is 0 Å². The molecule has 1 atom stereocenters. The number of nitrogens with two attached hydrogens (primary N) is 1. The van der Waals surface area contributed by atoms with Crippen molar-refractivity contribution in [3.63, 3.8) is 0 Å². The highest BCUT2D eigenvalue weighted by Gasteiger charge is 2.13. The number of hydrogen-bond donors (Lipinski definition) is 1. The summed E-state index contributed by atoms with van der Waals surface area (Å²) >= 11 is 0. The highest BCUT2D eigenvalue weighted by atomic mass is 32.2. The first-order valence-electron chi connectivity index (χ1n) is 5.17. The van der Waals surface area contributed by atoms with Crippen LogP contribution < -0.4 is 5.73 Å². The fourth-order valence-electron chi connectivity index (χ4n) is 1.05. The van der Waals surface area contributed by atoms with Crippen LogP contribution in [0.15, 0.2) is 0 Å². The molecule has 0 fully saturated rings. The van der Waals surface area contributed by atoms with Gasteiger partial charge in [-0.3, -0.25) is 0 Å². The third kappa shape index (κ3) is 11.8. The van der Waals surface area contributed by atoms with Crippen LogP contribution in [0.3, 0.4) is 0 Å². The molecule has 5 heteroatoms. The summed E-state index contributed by atoms with van der Waals surface area (Å²) in [6.45, 7) is 6.38. The van der Waals surface area contributed by atoms with E-state index in [4.69, 9.17) is 10.5 Å². The van der Waals surface area contributed by atoms with Gasteiger partial charge in [0.2, 0.25) is 0 Å². The first kappa shape index (κ1) is 14.9. The lowest BCUT2D eigenvalue weighted by atomic mass is 10.1. The highest BCUT2D eigenvalue weighted by molar-refractivity contribution is 7.90. The number of hydrogen-bond acceptors (Lipinski definition) is 4. The maximum absolute atomic E-state index is 10.9. The molecule has 0 rings (SSSR count). The van der Waals surface area contributed by atoms with Gasteiger partial charge in [0.25, 0.3) is 0 Å². The van der Waals surface area contributed by atoms with Crippen LogP contribution in [0.4, 0.5) is 0 Å². The fraction of sp³-hybridized carbons (Fsp3) is 1.00. The first-order valence-corrected chi connectivity index (χ1v) is 7.23. The van der Waals surface area contributed by atoms with Crippen LogP contribution in [0, 0.1) is 0 Å². The lowest BCUT2D eigenvalue weighted by molar-refractivity contribution is -0.0108. The van der Waals surface area contributed by atoms with Crippen LogP contribution >= 0.6 is 0 Å². The summed E-state index contributed by atoms with van der Waals surface area (Å²) in [5.41, 5.74) is 5.60. The third-order valence-electron chi connectivity index (χ3n) is 1.82. The van der Waals surface area contributed by atoms with Gasteiger partial charge in [-0.15, -0.1) is 0 Å². The summed E-state index contributed by atoms with van der Waals surface area (Å²) in [5.74, 6) is 0.205. The van der Waals surface area contributed by atoms with Crippen LogP contribution in [0.2, 0.25) is 0 Å². The first-order chi connectivity index (χ1) is 6.60. The van der Waals surface area contributed by atoms with Crippen molar-refractivity contribution in [2.45, 2.75) is 45.3 Å². The Kier molecular flexibility index (Phi) is 5.77. The zero-order valence-electron chi connectivity index (χ0n) is 10.1. The van der Waals surface area contributed by atoms with Crippen molar-refractivity contribution in [3.05, 3.63) is 0 Å². The van der Waals surface area contributed by atoms with Gasteiger partial charge in [-0.1, -0.05) is 0 Å². The number of ether oxygens (including phenoxy) is 1. The average Bonchev–Trinajstić information content (AvgIpc) is 1.97. The van der Waals surface area contributed by atoms with E-state index in [9.17, 15) is 8.42 Å². The molecule has 0 saturated carbocycles. The van der Waals surface area contributed by atoms with Crippen molar-refractivity contribution in [3.8, 4) is 0 Å². The van der Waals surface area contributed by atoms with Gasteiger partial charge in [-0.2, -0.15) is 0 Å². The topological polar surface area (TPSA) is 69.4 Å². The monoisotopic (exact) mass is 237 g/mol. The average molecular weight is 237 g/mol. The molecule has 0 aromatic heterocycles. The molecule has 0 aromatic carbocycles. The smallest absolute Gasteiger partial charge is 0.147 e. The van der Waals surface area contributed by atoms with Crippen LogP contribution in [0.5, 0.6) is 0 Å². The minimum Gasteiger partial charge on any atom is -0.374 e. The molecular formula is C10H23NO3S. The van der Waals surface area contributed by atoms with E-state index in [-0.39, 0.29) is 17.4 Å². The molecule has 92 valence electrons. The van der Waals surface area contributed by atoms with Gasteiger partial charge in [0.05, 0.1) is 12.2 Å². The van der Waals surface area contributed by atoms with E-state index in [1.807, 2.05) is 20.8 Å². The quantitative estimate of drug-likeness (QED) is 0.747.